The molecule has 1 aromatic rings. The van der Waals surface area contributed by atoms with Gasteiger partial charge in [-0.3, -0.25) is 0 Å². The first-order chi connectivity index (χ1) is 8.25. The molecule has 2 amide bonds. The third kappa shape index (κ3) is 3.21. The molecule has 1 saturated carbocycles. The Hall–Kier alpha value is -2.04. The summed E-state index contributed by atoms with van der Waals surface area (Å²) < 4.78 is 5.27. The highest BCUT2D eigenvalue weighted by Gasteiger charge is 2.14. The maximum absolute atomic E-state index is 10.6. The summed E-state index contributed by atoms with van der Waals surface area (Å²) in [7, 11) is 0. The molecule has 0 atom stereocenters. The number of nitrogens with two attached hydrogens (primary N) is 1. The van der Waals surface area contributed by atoms with Gasteiger partial charge >= 0.3 is 6.03 Å². The van der Waals surface area contributed by atoms with Crippen molar-refractivity contribution in [1.82, 2.24) is 5.43 Å². The molecule has 0 aromatic carbocycles. The molecule has 1 heterocycles. The molecule has 0 bridgehead atoms. The number of carbonyl (C=O) groups is 1. The molecule has 90 valence electrons. The zero-order chi connectivity index (χ0) is 12.1. The van der Waals surface area contributed by atoms with Gasteiger partial charge in [0.25, 0.3) is 0 Å². The largest absolute Gasteiger partial charge is 0.465 e. The van der Waals surface area contributed by atoms with Crippen molar-refractivity contribution >= 4 is 17.8 Å². The number of nitrogens with one attached hydrogen (secondary N) is 1. The molecule has 5 heteroatoms. The van der Waals surface area contributed by atoms with Crippen LogP contribution >= 0.6 is 0 Å². The Labute approximate surface area is 99.4 Å². The first-order valence-electron chi connectivity index (χ1n) is 5.62. The lowest BCUT2D eigenvalue weighted by molar-refractivity contribution is 0.249. The van der Waals surface area contributed by atoms with E-state index in [-0.39, 0.29) is 0 Å². The van der Waals surface area contributed by atoms with Crippen LogP contribution in [-0.4, -0.2) is 11.7 Å². The van der Waals surface area contributed by atoms with Gasteiger partial charge in [0.05, 0.1) is 12.0 Å². The average Bonchev–Trinajstić information content (AvgIpc) is 2.80. The van der Waals surface area contributed by atoms with Gasteiger partial charge in [-0.25, -0.2) is 10.2 Å². The summed E-state index contributed by atoms with van der Waals surface area (Å²) in [6, 6.07) is 3.09. The summed E-state index contributed by atoms with van der Waals surface area (Å²) in [5, 5.41) is 4.03. The first-order valence-corrected chi connectivity index (χ1v) is 5.62. The van der Waals surface area contributed by atoms with Crippen LogP contribution in [0.3, 0.4) is 0 Å². The van der Waals surface area contributed by atoms with Crippen LogP contribution in [0.4, 0.5) is 4.79 Å². The van der Waals surface area contributed by atoms with E-state index in [1.165, 1.54) is 0 Å². The minimum Gasteiger partial charge on any atom is -0.465 e. The third-order valence-electron chi connectivity index (χ3n) is 2.64. The molecule has 0 radical (unpaired) electrons. The van der Waals surface area contributed by atoms with Crippen LogP contribution in [0.1, 0.15) is 31.4 Å². The summed E-state index contributed by atoms with van der Waals surface area (Å²) in [5.74, 6) is 0.800. The van der Waals surface area contributed by atoms with E-state index in [1.54, 1.807) is 6.26 Å². The van der Waals surface area contributed by atoms with Gasteiger partial charge in [-0.2, -0.15) is 5.10 Å². The summed E-state index contributed by atoms with van der Waals surface area (Å²) in [5.41, 5.74) is 9.25. The smallest absolute Gasteiger partial charge is 0.332 e. The van der Waals surface area contributed by atoms with Crippen LogP contribution < -0.4 is 11.2 Å². The predicted octanol–water partition coefficient (Wildman–Crippen LogP) is 2.26. The number of furan rings is 1. The van der Waals surface area contributed by atoms with Gasteiger partial charge in [0.2, 0.25) is 0 Å². The number of nitrogens with zero attached hydrogens (tertiary/aromatic N) is 1. The molecule has 17 heavy (non-hydrogen) atoms. The molecule has 1 aliphatic carbocycles. The molecule has 0 unspecified atom stereocenters. The summed E-state index contributed by atoms with van der Waals surface area (Å²) in [6.45, 7) is 0. The van der Waals surface area contributed by atoms with Crippen molar-refractivity contribution in [3.63, 3.8) is 0 Å². The zero-order valence-electron chi connectivity index (χ0n) is 9.48. The van der Waals surface area contributed by atoms with Crippen molar-refractivity contribution in [2.75, 3.05) is 0 Å². The number of rotatable bonds is 2. The highest BCUT2D eigenvalue weighted by Crippen LogP contribution is 2.23. The number of hydrogen-bond donors (Lipinski definition) is 2. The predicted molar refractivity (Wildman–Crippen MR) is 65.3 cm³/mol. The van der Waals surface area contributed by atoms with E-state index >= 15 is 0 Å². The van der Waals surface area contributed by atoms with Crippen molar-refractivity contribution < 1.29 is 9.21 Å². The second-order valence-electron chi connectivity index (χ2n) is 3.93. The maximum Gasteiger partial charge on any atom is 0.332 e. The Bertz CT molecular complexity index is 446. The van der Waals surface area contributed by atoms with E-state index in [1.807, 2.05) is 18.2 Å². The Morgan fingerprint density at radius 1 is 1.47 bits per heavy atom. The van der Waals surface area contributed by atoms with Crippen LogP contribution in [0, 0.1) is 0 Å². The number of hydrogen-bond acceptors (Lipinski definition) is 3. The number of primary amides is 1. The Kier molecular flexibility index (Phi) is 3.59. The molecule has 1 aliphatic rings. The summed E-state index contributed by atoms with van der Waals surface area (Å²) in [4.78, 5) is 10.6. The van der Waals surface area contributed by atoms with Crippen LogP contribution in [0.2, 0.25) is 0 Å². The van der Waals surface area contributed by atoms with Gasteiger partial charge in [-0.15, -0.1) is 0 Å². The molecule has 0 saturated heterocycles. The van der Waals surface area contributed by atoms with Gasteiger partial charge in [0.1, 0.15) is 5.76 Å². The maximum atomic E-state index is 10.6. The third-order valence-corrected chi connectivity index (χ3v) is 2.64. The minimum absolute atomic E-state index is 0.638. The van der Waals surface area contributed by atoms with E-state index in [9.17, 15) is 4.79 Å². The van der Waals surface area contributed by atoms with Gasteiger partial charge in [0, 0.05) is 0 Å². The Morgan fingerprint density at radius 3 is 3.00 bits per heavy atom. The minimum atomic E-state index is -0.638. The van der Waals surface area contributed by atoms with Crippen molar-refractivity contribution in [3.8, 4) is 0 Å². The highest BCUT2D eigenvalue weighted by atomic mass is 16.3. The molecular weight excluding hydrogens is 218 g/mol. The normalized spacial score (nSPS) is 20.7. The number of amides is 2. The number of hydrazone groups is 1. The van der Waals surface area contributed by atoms with E-state index in [0.29, 0.717) is 0 Å². The topological polar surface area (TPSA) is 80.6 Å². The van der Waals surface area contributed by atoms with Crippen molar-refractivity contribution in [1.29, 1.82) is 0 Å². The van der Waals surface area contributed by atoms with Crippen LogP contribution in [0.5, 0.6) is 0 Å². The summed E-state index contributed by atoms with van der Waals surface area (Å²) >= 11 is 0. The molecular formula is C12H15N3O2. The lowest BCUT2D eigenvalue weighted by atomic mass is 9.92. The van der Waals surface area contributed by atoms with E-state index in [0.717, 1.165) is 42.7 Å². The fraction of sp³-hybridized carbons (Fsp3) is 0.333. The molecule has 5 nitrogen and oxygen atoms in total. The molecule has 3 N–H and O–H groups in total. The molecule has 0 aliphatic heterocycles. The number of allylic oxidation sites excluding steroid dienone is 1. The Balaban J connectivity index is 2.17. The zero-order valence-corrected chi connectivity index (χ0v) is 9.48. The number of carbonyl (C=O) groups excluding carboxylic acids is 1. The van der Waals surface area contributed by atoms with Crippen LogP contribution in [-0.2, 0) is 0 Å². The van der Waals surface area contributed by atoms with Gasteiger partial charge < -0.3 is 10.2 Å². The fourth-order valence-electron chi connectivity index (χ4n) is 1.86. The molecule has 0 spiro atoms. The number of urea groups is 1. The van der Waals surface area contributed by atoms with Crippen molar-refractivity contribution in [2.45, 2.75) is 25.7 Å². The van der Waals surface area contributed by atoms with Crippen molar-refractivity contribution in [2.24, 2.45) is 10.8 Å². The van der Waals surface area contributed by atoms with Gasteiger partial charge in [0.15, 0.2) is 0 Å². The molecule has 2 rings (SSSR count). The SMILES string of the molecule is NC(=O)NN=C1CCCCC1=Cc1ccco1. The first kappa shape index (κ1) is 11.4. The fourth-order valence-corrected chi connectivity index (χ4v) is 1.86. The average molecular weight is 233 g/mol. The van der Waals surface area contributed by atoms with E-state index < -0.39 is 6.03 Å². The Morgan fingerprint density at radius 2 is 2.29 bits per heavy atom. The van der Waals surface area contributed by atoms with Gasteiger partial charge in [-0.05, 0) is 49.5 Å². The standard InChI is InChI=1S/C12H15N3O2/c13-12(16)15-14-11-6-2-1-4-9(11)8-10-5-3-7-17-10/h3,5,7-8H,1-2,4,6H2,(H3,13,15,16). The van der Waals surface area contributed by atoms with Crippen molar-refractivity contribution in [3.05, 3.63) is 29.7 Å². The summed E-state index contributed by atoms with van der Waals surface area (Å²) in [6.07, 6.45) is 7.60. The second kappa shape index (κ2) is 5.34. The van der Waals surface area contributed by atoms with E-state index in [4.69, 9.17) is 10.2 Å². The lowest BCUT2D eigenvalue weighted by Crippen LogP contribution is -2.26. The van der Waals surface area contributed by atoms with E-state index in [2.05, 4.69) is 10.5 Å². The lowest BCUT2D eigenvalue weighted by Gasteiger charge is -2.16. The van der Waals surface area contributed by atoms with Gasteiger partial charge in [-0.1, -0.05) is 0 Å². The second-order valence-corrected chi connectivity index (χ2v) is 3.93. The molecule has 1 fully saturated rings. The highest BCUT2D eigenvalue weighted by molar-refractivity contribution is 6.04. The van der Waals surface area contributed by atoms with Crippen LogP contribution in [0.25, 0.3) is 6.08 Å². The monoisotopic (exact) mass is 233 g/mol. The molecule has 1 aromatic heterocycles. The quantitative estimate of drug-likeness (QED) is 0.768. The van der Waals surface area contributed by atoms with Crippen LogP contribution in [0.15, 0.2) is 33.5 Å².